The number of anilines is 1. The Kier molecular flexibility index (Phi) is 5.03. The Balaban J connectivity index is 1.46. The van der Waals surface area contributed by atoms with Crippen molar-refractivity contribution in [2.24, 2.45) is 0 Å². The highest BCUT2D eigenvalue weighted by Gasteiger charge is 2.31. The summed E-state index contributed by atoms with van der Waals surface area (Å²) in [5, 5.41) is 3.01. The monoisotopic (exact) mass is 367 g/mol. The molecule has 1 unspecified atom stereocenters. The van der Waals surface area contributed by atoms with Gasteiger partial charge in [-0.1, -0.05) is 17.7 Å². The molecule has 0 aliphatic carbocycles. The third-order valence-corrected chi connectivity index (χ3v) is 5.53. The molecule has 4 rings (SSSR count). The van der Waals surface area contributed by atoms with Gasteiger partial charge in [0.05, 0.1) is 19.8 Å². The number of fused-ring (bicyclic) bond motifs is 2. The fraction of sp³-hybridized carbons (Fsp3) is 0.409. The molecule has 0 saturated heterocycles. The molecule has 2 aliphatic rings. The molecule has 2 aromatic rings. The van der Waals surface area contributed by atoms with Gasteiger partial charge in [0.15, 0.2) is 18.0 Å². The van der Waals surface area contributed by atoms with Crippen LogP contribution in [0.25, 0.3) is 0 Å². The Morgan fingerprint density at radius 3 is 2.59 bits per heavy atom. The van der Waals surface area contributed by atoms with E-state index in [2.05, 4.69) is 24.4 Å². The zero-order valence-electron chi connectivity index (χ0n) is 16.0. The van der Waals surface area contributed by atoms with Crippen molar-refractivity contribution in [2.45, 2.75) is 32.7 Å². The third kappa shape index (κ3) is 3.93. The Bertz CT molecular complexity index is 832. The summed E-state index contributed by atoms with van der Waals surface area (Å²) in [6, 6.07) is 12.4. The molecule has 2 heterocycles. The van der Waals surface area contributed by atoms with E-state index in [1.807, 2.05) is 31.2 Å². The summed E-state index contributed by atoms with van der Waals surface area (Å²) in [5.41, 5.74) is 4.62. The molecule has 0 fully saturated rings. The topological polar surface area (TPSA) is 52.0 Å². The van der Waals surface area contributed by atoms with Crippen molar-refractivity contribution < 1.29 is 19.2 Å². The van der Waals surface area contributed by atoms with E-state index >= 15 is 0 Å². The summed E-state index contributed by atoms with van der Waals surface area (Å²) in [5.74, 6) is 1.75. The van der Waals surface area contributed by atoms with Gasteiger partial charge in [-0.3, -0.25) is 4.79 Å². The van der Waals surface area contributed by atoms with Crippen molar-refractivity contribution in [1.82, 2.24) is 0 Å². The molecule has 0 bridgehead atoms. The number of carbonyl (C=O) groups excluding carboxylic acids is 1. The first-order valence-electron chi connectivity index (χ1n) is 9.73. The lowest BCUT2D eigenvalue weighted by Crippen LogP contribution is -3.14. The average Bonchev–Trinajstić information content (AvgIpc) is 2.89. The van der Waals surface area contributed by atoms with Crippen LogP contribution in [0.4, 0.5) is 5.69 Å². The first kappa shape index (κ1) is 17.9. The van der Waals surface area contributed by atoms with Crippen LogP contribution in [-0.4, -0.2) is 32.2 Å². The van der Waals surface area contributed by atoms with Crippen LogP contribution in [0.15, 0.2) is 36.4 Å². The molecule has 0 saturated carbocycles. The summed E-state index contributed by atoms with van der Waals surface area (Å²) in [6.45, 7) is 7.03. The van der Waals surface area contributed by atoms with Crippen LogP contribution in [0, 0.1) is 6.92 Å². The SMILES string of the molecule is Cc1ccc(NC(=O)C[NH+]2CCc3cc4c(cc3[C@H]2C)OCCCO4)cc1. The lowest BCUT2D eigenvalue weighted by molar-refractivity contribution is -0.924. The van der Waals surface area contributed by atoms with Crippen LogP contribution in [0.3, 0.4) is 0 Å². The lowest BCUT2D eigenvalue weighted by atomic mass is 9.93. The second-order valence-electron chi connectivity index (χ2n) is 7.52. The van der Waals surface area contributed by atoms with Crippen LogP contribution in [0.2, 0.25) is 0 Å². The molecule has 5 nitrogen and oxygen atoms in total. The molecule has 2 aromatic carbocycles. The van der Waals surface area contributed by atoms with Crippen molar-refractivity contribution in [3.8, 4) is 11.5 Å². The summed E-state index contributed by atoms with van der Waals surface area (Å²) in [7, 11) is 0. The molecule has 0 spiro atoms. The normalized spacial score (nSPS) is 21.1. The van der Waals surface area contributed by atoms with Crippen molar-refractivity contribution in [2.75, 3.05) is 31.6 Å². The fourth-order valence-electron chi connectivity index (χ4n) is 3.91. The highest BCUT2D eigenvalue weighted by atomic mass is 16.5. The molecule has 0 radical (unpaired) electrons. The van der Waals surface area contributed by atoms with E-state index in [9.17, 15) is 4.79 Å². The van der Waals surface area contributed by atoms with Crippen LogP contribution >= 0.6 is 0 Å². The van der Waals surface area contributed by atoms with Crippen molar-refractivity contribution in [3.63, 3.8) is 0 Å². The maximum Gasteiger partial charge on any atom is 0.279 e. The van der Waals surface area contributed by atoms with Crippen LogP contribution in [0.5, 0.6) is 11.5 Å². The van der Waals surface area contributed by atoms with Crippen molar-refractivity contribution in [3.05, 3.63) is 53.1 Å². The van der Waals surface area contributed by atoms with Gasteiger partial charge in [-0.15, -0.1) is 0 Å². The molecule has 0 aromatic heterocycles. The minimum absolute atomic E-state index is 0.0542. The third-order valence-electron chi connectivity index (χ3n) is 5.53. The molecule has 1 amide bonds. The largest absolute Gasteiger partial charge is 0.490 e. The lowest BCUT2D eigenvalue weighted by Gasteiger charge is -2.32. The Morgan fingerprint density at radius 2 is 1.85 bits per heavy atom. The molecule has 142 valence electrons. The molecular formula is C22H27N2O3+. The Morgan fingerprint density at radius 1 is 1.15 bits per heavy atom. The predicted molar refractivity (Wildman–Crippen MR) is 105 cm³/mol. The van der Waals surface area contributed by atoms with Crippen LogP contribution in [0.1, 0.15) is 36.1 Å². The number of benzene rings is 2. The second kappa shape index (κ2) is 7.61. The van der Waals surface area contributed by atoms with E-state index < -0.39 is 0 Å². The Hall–Kier alpha value is -2.53. The van der Waals surface area contributed by atoms with Gasteiger partial charge in [0, 0.05) is 24.1 Å². The minimum Gasteiger partial charge on any atom is -0.490 e. The molecule has 2 aliphatic heterocycles. The number of carbonyl (C=O) groups is 1. The zero-order chi connectivity index (χ0) is 18.8. The van der Waals surface area contributed by atoms with E-state index in [-0.39, 0.29) is 11.9 Å². The molecule has 27 heavy (non-hydrogen) atoms. The number of hydrogen-bond acceptors (Lipinski definition) is 3. The highest BCUT2D eigenvalue weighted by Crippen LogP contribution is 2.35. The van der Waals surface area contributed by atoms with E-state index in [0.29, 0.717) is 19.8 Å². The smallest absolute Gasteiger partial charge is 0.279 e. The summed E-state index contributed by atoms with van der Waals surface area (Å²) in [4.78, 5) is 13.8. The number of hydrogen-bond donors (Lipinski definition) is 2. The van der Waals surface area contributed by atoms with Crippen molar-refractivity contribution >= 4 is 11.6 Å². The number of aryl methyl sites for hydroxylation is 1. The van der Waals surface area contributed by atoms with E-state index in [1.165, 1.54) is 21.6 Å². The minimum atomic E-state index is 0.0542. The maximum atomic E-state index is 12.5. The number of quaternary nitrogens is 1. The van der Waals surface area contributed by atoms with Gasteiger partial charge in [-0.05, 0) is 43.7 Å². The number of ether oxygens (including phenoxy) is 2. The van der Waals surface area contributed by atoms with Gasteiger partial charge in [-0.25, -0.2) is 0 Å². The first-order chi connectivity index (χ1) is 13.1. The molecule has 2 N–H and O–H groups in total. The van der Waals surface area contributed by atoms with Crippen LogP contribution in [-0.2, 0) is 11.2 Å². The first-order valence-corrected chi connectivity index (χ1v) is 9.73. The molecule has 5 heteroatoms. The van der Waals surface area contributed by atoms with Gasteiger partial charge in [0.1, 0.15) is 6.04 Å². The quantitative estimate of drug-likeness (QED) is 0.875. The van der Waals surface area contributed by atoms with E-state index in [1.54, 1.807) is 0 Å². The molecular weight excluding hydrogens is 340 g/mol. The fourth-order valence-corrected chi connectivity index (χ4v) is 3.91. The van der Waals surface area contributed by atoms with E-state index in [0.717, 1.165) is 36.6 Å². The number of rotatable bonds is 3. The maximum absolute atomic E-state index is 12.5. The van der Waals surface area contributed by atoms with Gasteiger partial charge in [-0.2, -0.15) is 0 Å². The predicted octanol–water partition coefficient (Wildman–Crippen LogP) is 2.30. The summed E-state index contributed by atoms with van der Waals surface area (Å²) >= 11 is 0. The van der Waals surface area contributed by atoms with Gasteiger partial charge in [0.2, 0.25) is 0 Å². The number of amides is 1. The number of nitrogens with one attached hydrogen (secondary N) is 2. The standard InChI is InChI=1S/C22H26N2O3/c1-15-4-6-18(7-5-15)23-22(25)14-24-9-8-17-12-20-21(13-19(17)16(24)2)27-11-3-10-26-20/h4-7,12-13,16H,3,8-11,14H2,1-2H3,(H,23,25)/p+1/t16-/m1/s1. The van der Waals surface area contributed by atoms with Crippen molar-refractivity contribution in [1.29, 1.82) is 0 Å². The highest BCUT2D eigenvalue weighted by molar-refractivity contribution is 5.91. The average molecular weight is 367 g/mol. The van der Waals surface area contributed by atoms with Gasteiger partial charge >= 0.3 is 0 Å². The van der Waals surface area contributed by atoms with Gasteiger partial charge in [0.25, 0.3) is 5.91 Å². The molecule has 2 atom stereocenters. The van der Waals surface area contributed by atoms with E-state index in [4.69, 9.17) is 9.47 Å². The second-order valence-corrected chi connectivity index (χ2v) is 7.52. The summed E-state index contributed by atoms with van der Waals surface area (Å²) in [6.07, 6.45) is 1.86. The van der Waals surface area contributed by atoms with Gasteiger partial charge < -0.3 is 19.7 Å². The Labute approximate surface area is 160 Å². The van der Waals surface area contributed by atoms with Crippen LogP contribution < -0.4 is 19.7 Å². The zero-order valence-corrected chi connectivity index (χ0v) is 16.0. The summed E-state index contributed by atoms with van der Waals surface area (Å²) < 4.78 is 11.7.